The lowest BCUT2D eigenvalue weighted by Crippen LogP contribution is -2.12. The summed E-state index contributed by atoms with van der Waals surface area (Å²) in [5.74, 6) is 0. The minimum atomic E-state index is 0.769. The minimum Gasteiger partial charge on any atom is -0.309 e. The van der Waals surface area contributed by atoms with Crippen LogP contribution in [0.1, 0.15) is 30.4 Å². The van der Waals surface area contributed by atoms with Crippen molar-refractivity contribution < 1.29 is 0 Å². The van der Waals surface area contributed by atoms with Gasteiger partial charge >= 0.3 is 0 Å². The summed E-state index contributed by atoms with van der Waals surface area (Å²) in [6.07, 6.45) is 4.81. The molecule has 0 N–H and O–H groups in total. The van der Waals surface area contributed by atoms with Crippen molar-refractivity contribution in [2.24, 2.45) is 0 Å². The zero-order valence-electron chi connectivity index (χ0n) is 10.2. The van der Waals surface area contributed by atoms with Crippen molar-refractivity contribution in [3.63, 3.8) is 0 Å². The normalized spacial score (nSPS) is 10.4. The molecule has 0 unspecified atom stereocenters. The number of unbranched alkanes of at least 4 members (excludes halogenated alkanes) is 2. The van der Waals surface area contributed by atoms with Crippen LogP contribution in [0.3, 0.4) is 0 Å². The molecule has 2 heteroatoms. The summed E-state index contributed by atoms with van der Waals surface area (Å²) >= 11 is 0. The standard InChI is InChI=1S/C14H20N2/c1-16(2)10-5-3-4-7-13-8-6-9-14(11-13)12-15/h6,8-9,11H,3-5,7,10H2,1-2H3. The highest BCUT2D eigenvalue weighted by Crippen LogP contribution is 2.09. The van der Waals surface area contributed by atoms with E-state index in [2.05, 4.69) is 31.1 Å². The minimum absolute atomic E-state index is 0.769. The first-order chi connectivity index (χ1) is 7.72. The van der Waals surface area contributed by atoms with Crippen LogP contribution in [0, 0.1) is 11.3 Å². The maximum atomic E-state index is 8.78. The Labute approximate surface area is 98.5 Å². The Morgan fingerprint density at radius 2 is 2.00 bits per heavy atom. The first-order valence-electron chi connectivity index (χ1n) is 5.86. The van der Waals surface area contributed by atoms with Gasteiger partial charge in [0.25, 0.3) is 0 Å². The fraction of sp³-hybridized carbons (Fsp3) is 0.500. The molecule has 0 saturated heterocycles. The Morgan fingerprint density at radius 3 is 2.69 bits per heavy atom. The van der Waals surface area contributed by atoms with Gasteiger partial charge in [-0.25, -0.2) is 0 Å². The van der Waals surface area contributed by atoms with E-state index in [1.165, 1.54) is 24.8 Å². The molecule has 1 rings (SSSR count). The third-order valence-electron chi connectivity index (χ3n) is 2.63. The maximum absolute atomic E-state index is 8.78. The lowest BCUT2D eigenvalue weighted by atomic mass is 10.0. The van der Waals surface area contributed by atoms with Crippen LogP contribution in [0.15, 0.2) is 24.3 Å². The second-order valence-electron chi connectivity index (χ2n) is 4.43. The third-order valence-corrected chi connectivity index (χ3v) is 2.63. The molecule has 16 heavy (non-hydrogen) atoms. The second kappa shape index (κ2) is 7.03. The molecule has 0 aliphatic heterocycles. The Bertz CT molecular complexity index is 350. The average Bonchev–Trinajstić information content (AvgIpc) is 2.28. The number of aryl methyl sites for hydroxylation is 1. The van der Waals surface area contributed by atoms with Crippen molar-refractivity contribution in [3.05, 3.63) is 35.4 Å². The monoisotopic (exact) mass is 216 g/mol. The summed E-state index contributed by atoms with van der Waals surface area (Å²) in [6, 6.07) is 10.1. The SMILES string of the molecule is CN(C)CCCCCc1cccc(C#N)c1. The van der Waals surface area contributed by atoms with E-state index in [1.54, 1.807) is 0 Å². The topological polar surface area (TPSA) is 27.0 Å². The zero-order valence-corrected chi connectivity index (χ0v) is 10.2. The molecular formula is C14H20N2. The van der Waals surface area contributed by atoms with E-state index in [-0.39, 0.29) is 0 Å². The summed E-state index contributed by atoms with van der Waals surface area (Å²) in [4.78, 5) is 2.22. The van der Waals surface area contributed by atoms with E-state index in [1.807, 2.05) is 18.2 Å². The van der Waals surface area contributed by atoms with Crippen LogP contribution >= 0.6 is 0 Å². The van der Waals surface area contributed by atoms with Crippen LogP contribution in [0.25, 0.3) is 0 Å². The van der Waals surface area contributed by atoms with Gasteiger partial charge in [-0.1, -0.05) is 18.6 Å². The largest absolute Gasteiger partial charge is 0.309 e. The van der Waals surface area contributed by atoms with Crippen molar-refractivity contribution in [3.8, 4) is 6.07 Å². The predicted molar refractivity (Wildman–Crippen MR) is 67.3 cm³/mol. The summed E-state index contributed by atoms with van der Waals surface area (Å²) in [5.41, 5.74) is 2.05. The molecule has 1 aromatic carbocycles. The van der Waals surface area contributed by atoms with E-state index in [0.717, 1.165) is 18.5 Å². The van der Waals surface area contributed by atoms with Crippen molar-refractivity contribution in [1.82, 2.24) is 4.90 Å². The molecule has 0 amide bonds. The van der Waals surface area contributed by atoms with Gasteiger partial charge < -0.3 is 4.90 Å². The Morgan fingerprint density at radius 1 is 1.19 bits per heavy atom. The van der Waals surface area contributed by atoms with Gasteiger partial charge in [0, 0.05) is 0 Å². The molecule has 0 aliphatic carbocycles. The summed E-state index contributed by atoms with van der Waals surface area (Å²) in [6.45, 7) is 1.16. The molecule has 0 aromatic heterocycles. The van der Waals surface area contributed by atoms with Crippen LogP contribution < -0.4 is 0 Å². The third kappa shape index (κ3) is 4.95. The van der Waals surface area contributed by atoms with E-state index < -0.39 is 0 Å². The Kier molecular flexibility index (Phi) is 5.60. The lowest BCUT2D eigenvalue weighted by Gasteiger charge is -2.08. The number of rotatable bonds is 6. The Hall–Kier alpha value is -1.33. The molecule has 0 aliphatic rings. The van der Waals surface area contributed by atoms with Gasteiger partial charge in [-0.3, -0.25) is 0 Å². The molecular weight excluding hydrogens is 196 g/mol. The first-order valence-corrected chi connectivity index (χ1v) is 5.86. The fourth-order valence-corrected chi connectivity index (χ4v) is 1.73. The van der Waals surface area contributed by atoms with Gasteiger partial charge in [-0.2, -0.15) is 5.26 Å². The van der Waals surface area contributed by atoms with Gasteiger partial charge in [0.15, 0.2) is 0 Å². The Balaban J connectivity index is 2.24. The van der Waals surface area contributed by atoms with E-state index in [4.69, 9.17) is 5.26 Å². The second-order valence-corrected chi connectivity index (χ2v) is 4.43. The van der Waals surface area contributed by atoms with Crippen LogP contribution in [0.5, 0.6) is 0 Å². The molecule has 2 nitrogen and oxygen atoms in total. The van der Waals surface area contributed by atoms with Crippen molar-refractivity contribution in [1.29, 1.82) is 5.26 Å². The molecule has 0 heterocycles. The summed E-state index contributed by atoms with van der Waals surface area (Å²) in [7, 11) is 4.22. The van der Waals surface area contributed by atoms with Crippen molar-refractivity contribution in [2.45, 2.75) is 25.7 Å². The van der Waals surface area contributed by atoms with Gasteiger partial charge in [0.1, 0.15) is 0 Å². The van der Waals surface area contributed by atoms with Gasteiger partial charge in [0.05, 0.1) is 11.6 Å². The number of benzene rings is 1. The maximum Gasteiger partial charge on any atom is 0.0991 e. The highest BCUT2D eigenvalue weighted by Gasteiger charge is 1.96. The quantitative estimate of drug-likeness (QED) is 0.684. The smallest absolute Gasteiger partial charge is 0.0991 e. The van der Waals surface area contributed by atoms with Gasteiger partial charge in [0.2, 0.25) is 0 Å². The van der Waals surface area contributed by atoms with Crippen LogP contribution in [0.4, 0.5) is 0 Å². The van der Waals surface area contributed by atoms with Crippen LogP contribution in [-0.4, -0.2) is 25.5 Å². The summed E-state index contributed by atoms with van der Waals surface area (Å²) in [5, 5.41) is 8.78. The fourth-order valence-electron chi connectivity index (χ4n) is 1.73. The molecule has 0 spiro atoms. The lowest BCUT2D eigenvalue weighted by molar-refractivity contribution is 0.391. The van der Waals surface area contributed by atoms with Crippen LogP contribution in [-0.2, 0) is 6.42 Å². The molecule has 0 radical (unpaired) electrons. The van der Waals surface area contributed by atoms with E-state index in [0.29, 0.717) is 0 Å². The van der Waals surface area contributed by atoms with E-state index in [9.17, 15) is 0 Å². The number of hydrogen-bond donors (Lipinski definition) is 0. The van der Waals surface area contributed by atoms with Gasteiger partial charge in [-0.15, -0.1) is 0 Å². The molecule has 0 saturated carbocycles. The molecule has 86 valence electrons. The van der Waals surface area contributed by atoms with Crippen molar-refractivity contribution in [2.75, 3.05) is 20.6 Å². The number of nitriles is 1. The summed E-state index contributed by atoms with van der Waals surface area (Å²) < 4.78 is 0. The van der Waals surface area contributed by atoms with E-state index >= 15 is 0 Å². The average molecular weight is 216 g/mol. The van der Waals surface area contributed by atoms with Crippen LogP contribution in [0.2, 0.25) is 0 Å². The predicted octanol–water partition coefficient (Wildman–Crippen LogP) is 2.83. The molecule has 0 fully saturated rings. The molecule has 1 aromatic rings. The first kappa shape index (κ1) is 12.7. The van der Waals surface area contributed by atoms with Gasteiger partial charge in [-0.05, 0) is 57.6 Å². The number of hydrogen-bond acceptors (Lipinski definition) is 2. The van der Waals surface area contributed by atoms with Crippen molar-refractivity contribution >= 4 is 0 Å². The highest BCUT2D eigenvalue weighted by molar-refractivity contribution is 5.32. The molecule has 0 bridgehead atoms. The molecule has 0 atom stereocenters. The number of nitrogens with zero attached hydrogens (tertiary/aromatic N) is 2. The highest BCUT2D eigenvalue weighted by atomic mass is 15.0. The zero-order chi connectivity index (χ0) is 11.8.